The van der Waals surface area contributed by atoms with Gasteiger partial charge in [-0.1, -0.05) is 12.1 Å². The van der Waals surface area contributed by atoms with Crippen molar-refractivity contribution < 1.29 is 18.3 Å². The summed E-state index contributed by atoms with van der Waals surface area (Å²) in [6, 6.07) is 7.90. The van der Waals surface area contributed by atoms with E-state index in [-0.39, 0.29) is 24.7 Å². The van der Waals surface area contributed by atoms with E-state index in [4.69, 9.17) is 9.72 Å². The zero-order valence-electron chi connectivity index (χ0n) is 17.7. The Hall–Kier alpha value is -2.74. The minimum Gasteiger partial charge on any atom is -0.380 e. The van der Waals surface area contributed by atoms with Gasteiger partial charge in [0.1, 0.15) is 17.8 Å². The third-order valence-corrected chi connectivity index (χ3v) is 5.65. The lowest BCUT2D eigenvalue weighted by Gasteiger charge is -2.27. The molecule has 2 fully saturated rings. The number of benzene rings is 1. The Morgan fingerprint density at radius 1 is 1.19 bits per heavy atom. The Morgan fingerprint density at radius 2 is 2.06 bits per heavy atom. The molecular weight excluding hydrogens is 402 g/mol. The van der Waals surface area contributed by atoms with Crippen LogP contribution in [0, 0.1) is 12.7 Å². The first kappa shape index (κ1) is 21.5. The van der Waals surface area contributed by atoms with Crippen LogP contribution in [0.4, 0.5) is 26.1 Å². The van der Waals surface area contributed by atoms with Gasteiger partial charge in [-0.15, -0.1) is 0 Å². The lowest BCUT2D eigenvalue weighted by molar-refractivity contribution is -0.115. The number of halogens is 2. The summed E-state index contributed by atoms with van der Waals surface area (Å²) >= 11 is 0. The number of rotatable bonds is 5. The van der Waals surface area contributed by atoms with Crippen LogP contribution in [0.2, 0.25) is 0 Å². The highest BCUT2D eigenvalue weighted by Gasteiger charge is 2.27. The fourth-order valence-electron chi connectivity index (χ4n) is 4.14. The molecule has 3 heterocycles. The number of alkyl halides is 1. The predicted octanol–water partition coefficient (Wildman–Crippen LogP) is 3.49. The van der Waals surface area contributed by atoms with Crippen LogP contribution in [0.5, 0.6) is 0 Å². The van der Waals surface area contributed by atoms with Crippen LogP contribution in [0.15, 0.2) is 30.3 Å². The fraction of sp³-hybridized carbons (Fsp3) is 0.478. The van der Waals surface area contributed by atoms with E-state index < -0.39 is 6.17 Å². The Bertz CT molecular complexity index is 932. The maximum absolute atomic E-state index is 13.9. The minimum absolute atomic E-state index is 0.0488. The van der Waals surface area contributed by atoms with E-state index in [0.717, 1.165) is 37.5 Å². The first-order valence-corrected chi connectivity index (χ1v) is 10.8. The van der Waals surface area contributed by atoms with E-state index in [1.165, 1.54) is 12.1 Å². The number of hydrogen-bond donors (Lipinski definition) is 1. The normalized spacial score (nSPS) is 19.4. The number of carbonyl (C=O) groups is 1. The van der Waals surface area contributed by atoms with Crippen molar-refractivity contribution in [1.82, 2.24) is 4.98 Å². The molecule has 1 aromatic heterocycles. The molecule has 1 unspecified atom stereocenters. The lowest BCUT2D eigenvalue weighted by atomic mass is 10.1. The second kappa shape index (κ2) is 9.60. The van der Waals surface area contributed by atoms with Gasteiger partial charge in [0.05, 0.1) is 25.3 Å². The summed E-state index contributed by atoms with van der Waals surface area (Å²) in [6.07, 6.45) is 0.500. The molecule has 0 spiro atoms. The maximum atomic E-state index is 13.9. The fourth-order valence-corrected chi connectivity index (χ4v) is 4.14. The highest BCUT2D eigenvalue weighted by molar-refractivity contribution is 5.95. The van der Waals surface area contributed by atoms with Crippen LogP contribution < -0.4 is 15.1 Å². The van der Waals surface area contributed by atoms with Crippen molar-refractivity contribution in [1.29, 1.82) is 0 Å². The molecule has 0 aliphatic carbocycles. The molecule has 1 aromatic carbocycles. The van der Waals surface area contributed by atoms with Crippen molar-refractivity contribution in [3.8, 4) is 0 Å². The molecule has 0 saturated carbocycles. The summed E-state index contributed by atoms with van der Waals surface area (Å²) in [7, 11) is 0. The molecule has 166 valence electrons. The number of aromatic nitrogens is 1. The summed E-state index contributed by atoms with van der Waals surface area (Å²) in [4.78, 5) is 21.6. The van der Waals surface area contributed by atoms with E-state index in [9.17, 15) is 13.6 Å². The average molecular weight is 430 g/mol. The maximum Gasteiger partial charge on any atom is 0.228 e. The van der Waals surface area contributed by atoms with E-state index in [2.05, 4.69) is 10.2 Å². The standard InChI is InChI=1S/C23H28F2N4O2/c1-16-12-20(26-21(30)14-17-4-2-5-18(24)13-17)23(29-8-6-19(25)15-29)27-22(16)28-7-3-10-31-11-9-28/h2,4-5,12-13,19H,3,6-11,14-15H2,1H3,(H,26,30). The summed E-state index contributed by atoms with van der Waals surface area (Å²) in [6.45, 7) is 5.71. The number of carbonyl (C=O) groups excluding carboxylic acids is 1. The quantitative estimate of drug-likeness (QED) is 0.787. The van der Waals surface area contributed by atoms with E-state index in [0.29, 0.717) is 36.6 Å². The van der Waals surface area contributed by atoms with Crippen molar-refractivity contribution in [2.24, 2.45) is 0 Å². The molecular formula is C23H28F2N4O2. The molecule has 31 heavy (non-hydrogen) atoms. The predicted molar refractivity (Wildman–Crippen MR) is 117 cm³/mol. The molecule has 2 aliphatic rings. The highest BCUT2D eigenvalue weighted by atomic mass is 19.1. The smallest absolute Gasteiger partial charge is 0.228 e. The number of ether oxygens (including phenoxy) is 1. The van der Waals surface area contributed by atoms with Gasteiger partial charge >= 0.3 is 0 Å². The summed E-state index contributed by atoms with van der Waals surface area (Å²) in [5.41, 5.74) is 2.08. The number of pyridine rings is 1. The van der Waals surface area contributed by atoms with Crippen molar-refractivity contribution in [2.75, 3.05) is 54.5 Å². The molecule has 2 aromatic rings. The van der Waals surface area contributed by atoms with Crippen LogP contribution in [-0.4, -0.2) is 56.5 Å². The van der Waals surface area contributed by atoms with Gasteiger partial charge in [0.2, 0.25) is 5.91 Å². The Labute approximate surface area is 181 Å². The van der Waals surface area contributed by atoms with Crippen molar-refractivity contribution in [2.45, 2.75) is 32.4 Å². The second-order valence-corrected chi connectivity index (χ2v) is 8.14. The van der Waals surface area contributed by atoms with Crippen LogP contribution in [-0.2, 0) is 16.0 Å². The van der Waals surface area contributed by atoms with Gasteiger partial charge in [-0.05, 0) is 49.1 Å². The van der Waals surface area contributed by atoms with Crippen LogP contribution in [0.1, 0.15) is 24.0 Å². The highest BCUT2D eigenvalue weighted by Crippen LogP contribution is 2.33. The largest absolute Gasteiger partial charge is 0.380 e. The number of amides is 1. The minimum atomic E-state index is -0.908. The molecule has 2 saturated heterocycles. The number of nitrogens with one attached hydrogen (secondary N) is 1. The molecule has 1 amide bonds. The zero-order chi connectivity index (χ0) is 21.8. The number of nitrogens with zero attached hydrogens (tertiary/aromatic N) is 3. The van der Waals surface area contributed by atoms with Gasteiger partial charge in [-0.2, -0.15) is 0 Å². The Kier molecular flexibility index (Phi) is 6.65. The van der Waals surface area contributed by atoms with Gasteiger partial charge in [-0.25, -0.2) is 13.8 Å². The molecule has 8 heteroatoms. The average Bonchev–Trinajstić information content (AvgIpc) is 2.97. The summed E-state index contributed by atoms with van der Waals surface area (Å²) in [5.74, 6) is 0.782. The summed E-state index contributed by atoms with van der Waals surface area (Å²) in [5, 5.41) is 2.92. The molecule has 1 N–H and O–H groups in total. The van der Waals surface area contributed by atoms with Gasteiger partial charge in [0, 0.05) is 26.2 Å². The Morgan fingerprint density at radius 3 is 2.84 bits per heavy atom. The first-order chi connectivity index (χ1) is 15.0. The first-order valence-electron chi connectivity index (χ1n) is 10.8. The van der Waals surface area contributed by atoms with Crippen molar-refractivity contribution in [3.05, 3.63) is 47.3 Å². The van der Waals surface area contributed by atoms with Gasteiger partial charge in [0.25, 0.3) is 0 Å². The van der Waals surface area contributed by atoms with Crippen molar-refractivity contribution >= 4 is 23.2 Å². The molecule has 0 radical (unpaired) electrons. The van der Waals surface area contributed by atoms with Crippen LogP contribution in [0.3, 0.4) is 0 Å². The topological polar surface area (TPSA) is 57.7 Å². The van der Waals surface area contributed by atoms with E-state index >= 15 is 0 Å². The van der Waals surface area contributed by atoms with Gasteiger partial charge in [0.15, 0.2) is 5.82 Å². The molecule has 0 bridgehead atoms. The van der Waals surface area contributed by atoms with Crippen LogP contribution >= 0.6 is 0 Å². The number of aryl methyl sites for hydroxylation is 1. The van der Waals surface area contributed by atoms with Gasteiger partial charge in [-0.3, -0.25) is 4.79 Å². The van der Waals surface area contributed by atoms with Crippen LogP contribution in [0.25, 0.3) is 0 Å². The monoisotopic (exact) mass is 430 g/mol. The number of hydrogen-bond acceptors (Lipinski definition) is 5. The van der Waals surface area contributed by atoms with Crippen molar-refractivity contribution in [3.63, 3.8) is 0 Å². The third-order valence-electron chi connectivity index (χ3n) is 5.65. The lowest BCUT2D eigenvalue weighted by Crippen LogP contribution is -2.30. The molecule has 1 atom stereocenters. The third kappa shape index (κ3) is 5.31. The molecule has 2 aliphatic heterocycles. The molecule has 6 nitrogen and oxygen atoms in total. The SMILES string of the molecule is Cc1cc(NC(=O)Cc2cccc(F)c2)c(N2CCC(F)C2)nc1N1CCCOCC1. The zero-order valence-corrected chi connectivity index (χ0v) is 17.7. The Balaban J connectivity index is 1.60. The number of anilines is 3. The van der Waals surface area contributed by atoms with E-state index in [1.54, 1.807) is 12.1 Å². The second-order valence-electron chi connectivity index (χ2n) is 8.14. The van der Waals surface area contributed by atoms with Gasteiger partial charge < -0.3 is 19.9 Å². The molecule has 4 rings (SSSR count). The van der Waals surface area contributed by atoms with E-state index in [1.807, 2.05) is 17.9 Å². The summed E-state index contributed by atoms with van der Waals surface area (Å²) < 4.78 is 33.0.